The highest BCUT2D eigenvalue weighted by Crippen LogP contribution is 2.37. The molecule has 0 radical (unpaired) electrons. The number of fused-ring (bicyclic) bond motifs is 1. The number of carbonyl (C=O) groups is 1. The Labute approximate surface area is 158 Å². The first-order valence-corrected chi connectivity index (χ1v) is 10.9. The highest BCUT2D eigenvalue weighted by atomic mass is 16.2. The topological polar surface area (TPSA) is 32.3 Å². The maximum absolute atomic E-state index is 12.3. The highest BCUT2D eigenvalue weighted by molar-refractivity contribution is 5.81. The fourth-order valence-electron chi connectivity index (χ4n) is 5.55. The fourth-order valence-corrected chi connectivity index (χ4v) is 5.55. The van der Waals surface area contributed by atoms with Crippen molar-refractivity contribution in [2.75, 3.05) is 19.6 Å². The van der Waals surface area contributed by atoms with Gasteiger partial charge in [0.1, 0.15) is 0 Å². The molecular weight excluding hydrogens is 320 g/mol. The molecule has 3 fully saturated rings. The molecule has 26 heavy (non-hydrogen) atoms. The van der Waals surface area contributed by atoms with Gasteiger partial charge < -0.3 is 10.2 Å². The van der Waals surface area contributed by atoms with Crippen LogP contribution in [0, 0.1) is 17.8 Å². The summed E-state index contributed by atoms with van der Waals surface area (Å²) in [5.41, 5.74) is 1.49. The van der Waals surface area contributed by atoms with Gasteiger partial charge >= 0.3 is 0 Å². The normalized spacial score (nSPS) is 30.2. The molecule has 0 aromatic heterocycles. The fraction of sp³-hybridized carbons (Fsp3) is 0.696. The average molecular weight is 355 g/mol. The van der Waals surface area contributed by atoms with Gasteiger partial charge in [-0.25, -0.2) is 0 Å². The number of piperidine rings is 1. The summed E-state index contributed by atoms with van der Waals surface area (Å²) in [6.45, 7) is 3.65. The summed E-state index contributed by atoms with van der Waals surface area (Å²) in [5.74, 6) is 2.13. The molecule has 0 spiro atoms. The minimum atomic E-state index is 0.302. The van der Waals surface area contributed by atoms with E-state index in [0.717, 1.165) is 12.3 Å². The van der Waals surface area contributed by atoms with Gasteiger partial charge in [0.05, 0.1) is 0 Å². The Balaban J connectivity index is 1.17. The smallest absolute Gasteiger partial charge is 0.223 e. The molecular formula is C23H34N2O. The molecule has 3 atom stereocenters. The van der Waals surface area contributed by atoms with Crippen molar-refractivity contribution in [1.29, 1.82) is 0 Å². The Morgan fingerprint density at radius 1 is 1.00 bits per heavy atom. The Morgan fingerprint density at radius 2 is 1.77 bits per heavy atom. The van der Waals surface area contributed by atoms with Crippen LogP contribution in [0.5, 0.6) is 0 Å². The summed E-state index contributed by atoms with van der Waals surface area (Å²) in [5, 5.41) is 3.27. The Kier molecular flexibility index (Phi) is 5.94. The predicted molar refractivity (Wildman–Crippen MR) is 106 cm³/mol. The van der Waals surface area contributed by atoms with Crippen LogP contribution in [-0.2, 0) is 11.2 Å². The van der Waals surface area contributed by atoms with Crippen molar-refractivity contribution < 1.29 is 4.79 Å². The Bertz CT molecular complexity index is 579. The van der Waals surface area contributed by atoms with Crippen molar-refractivity contribution >= 4 is 5.91 Å². The average Bonchev–Trinajstić information content (AvgIpc) is 2.99. The number of amides is 1. The van der Waals surface area contributed by atoms with E-state index in [1.165, 1.54) is 76.6 Å². The molecule has 1 saturated carbocycles. The van der Waals surface area contributed by atoms with Crippen molar-refractivity contribution in [3.05, 3.63) is 35.9 Å². The summed E-state index contributed by atoms with van der Waals surface area (Å²) in [6, 6.07) is 11.4. The van der Waals surface area contributed by atoms with Gasteiger partial charge in [-0.2, -0.15) is 0 Å². The monoisotopic (exact) mass is 354 g/mol. The highest BCUT2D eigenvalue weighted by Gasteiger charge is 2.42. The number of hydrogen-bond donors (Lipinski definition) is 1. The van der Waals surface area contributed by atoms with Crippen molar-refractivity contribution in [2.24, 2.45) is 17.8 Å². The van der Waals surface area contributed by atoms with E-state index in [9.17, 15) is 4.79 Å². The minimum Gasteiger partial charge on any atom is -0.353 e. The van der Waals surface area contributed by atoms with Crippen LogP contribution < -0.4 is 5.32 Å². The maximum atomic E-state index is 12.3. The molecule has 2 saturated heterocycles. The standard InChI is InChI=1S/C23H34N2O/c26-23-21(20-9-4-5-11-22(20)24-23)10-6-14-25-15-12-19(13-16-25)17-18-7-2-1-3-8-18/h1-3,7-8,19-22H,4-6,9-17H2,(H,24,26). The quantitative estimate of drug-likeness (QED) is 0.837. The zero-order chi connectivity index (χ0) is 17.8. The van der Waals surface area contributed by atoms with E-state index in [0.29, 0.717) is 23.8 Å². The molecule has 142 valence electrons. The second-order valence-electron chi connectivity index (χ2n) is 8.79. The van der Waals surface area contributed by atoms with Gasteiger partial charge in [-0.3, -0.25) is 4.79 Å². The van der Waals surface area contributed by atoms with Gasteiger partial charge in [-0.1, -0.05) is 43.2 Å². The van der Waals surface area contributed by atoms with E-state index in [2.05, 4.69) is 40.5 Å². The van der Waals surface area contributed by atoms with E-state index in [1.807, 2.05) is 0 Å². The lowest BCUT2D eigenvalue weighted by atomic mass is 9.78. The first kappa shape index (κ1) is 18.0. The van der Waals surface area contributed by atoms with Crippen LogP contribution >= 0.6 is 0 Å². The van der Waals surface area contributed by atoms with Crippen molar-refractivity contribution in [1.82, 2.24) is 10.2 Å². The Morgan fingerprint density at radius 3 is 2.58 bits per heavy atom. The number of nitrogens with zero attached hydrogens (tertiary/aromatic N) is 1. The van der Waals surface area contributed by atoms with Gasteiger partial charge in [0.2, 0.25) is 5.91 Å². The van der Waals surface area contributed by atoms with Crippen LogP contribution in [0.1, 0.15) is 56.9 Å². The summed E-state index contributed by atoms with van der Waals surface area (Å²) in [7, 11) is 0. The zero-order valence-corrected chi connectivity index (χ0v) is 16.0. The number of rotatable bonds is 6. The number of hydrogen-bond acceptors (Lipinski definition) is 2. The Hall–Kier alpha value is -1.35. The van der Waals surface area contributed by atoms with Crippen LogP contribution in [0.15, 0.2) is 30.3 Å². The molecule has 3 nitrogen and oxygen atoms in total. The first-order valence-electron chi connectivity index (χ1n) is 10.9. The first-order chi connectivity index (χ1) is 12.8. The molecule has 3 aliphatic rings. The van der Waals surface area contributed by atoms with Gasteiger partial charge in [0.15, 0.2) is 0 Å². The number of carbonyl (C=O) groups excluding carboxylic acids is 1. The summed E-state index contributed by atoms with van der Waals surface area (Å²) in [6.07, 6.45) is 11.3. The molecule has 2 aliphatic heterocycles. The largest absolute Gasteiger partial charge is 0.353 e. The predicted octanol–water partition coefficient (Wildman–Crippen LogP) is 4.03. The van der Waals surface area contributed by atoms with Gasteiger partial charge in [-0.05, 0) is 82.0 Å². The molecule has 3 heteroatoms. The van der Waals surface area contributed by atoms with Crippen LogP contribution in [0.2, 0.25) is 0 Å². The molecule has 4 rings (SSSR count). The number of likely N-dealkylation sites (tertiary alicyclic amines) is 1. The zero-order valence-electron chi connectivity index (χ0n) is 16.0. The number of nitrogens with one attached hydrogen (secondary N) is 1. The molecule has 3 unspecified atom stereocenters. The maximum Gasteiger partial charge on any atom is 0.223 e. The lowest BCUT2D eigenvalue weighted by Crippen LogP contribution is -2.35. The van der Waals surface area contributed by atoms with E-state index in [1.54, 1.807) is 0 Å². The summed E-state index contributed by atoms with van der Waals surface area (Å²) in [4.78, 5) is 14.9. The van der Waals surface area contributed by atoms with Crippen molar-refractivity contribution in [3.8, 4) is 0 Å². The van der Waals surface area contributed by atoms with Gasteiger partial charge in [0.25, 0.3) is 0 Å². The minimum absolute atomic E-state index is 0.302. The van der Waals surface area contributed by atoms with E-state index >= 15 is 0 Å². The molecule has 1 N–H and O–H groups in total. The molecule has 1 aromatic carbocycles. The molecule has 2 heterocycles. The molecule has 1 amide bonds. The lowest BCUT2D eigenvalue weighted by Gasteiger charge is -2.32. The lowest BCUT2D eigenvalue weighted by molar-refractivity contribution is -0.123. The molecule has 1 aliphatic carbocycles. The van der Waals surface area contributed by atoms with E-state index in [-0.39, 0.29) is 0 Å². The van der Waals surface area contributed by atoms with Gasteiger partial charge in [-0.15, -0.1) is 0 Å². The number of benzene rings is 1. The van der Waals surface area contributed by atoms with Crippen LogP contribution in [0.25, 0.3) is 0 Å². The third-order valence-electron chi connectivity index (χ3n) is 7.06. The van der Waals surface area contributed by atoms with Crippen LogP contribution in [-0.4, -0.2) is 36.5 Å². The molecule has 1 aromatic rings. The van der Waals surface area contributed by atoms with Crippen molar-refractivity contribution in [2.45, 2.75) is 63.8 Å². The SMILES string of the molecule is O=C1NC2CCCCC2C1CCCN1CCC(Cc2ccccc2)CC1. The molecule has 0 bridgehead atoms. The third-order valence-corrected chi connectivity index (χ3v) is 7.06. The van der Waals surface area contributed by atoms with Crippen molar-refractivity contribution in [3.63, 3.8) is 0 Å². The van der Waals surface area contributed by atoms with E-state index in [4.69, 9.17) is 0 Å². The summed E-state index contributed by atoms with van der Waals surface area (Å²) < 4.78 is 0. The third kappa shape index (κ3) is 4.31. The van der Waals surface area contributed by atoms with Crippen LogP contribution in [0.4, 0.5) is 0 Å². The van der Waals surface area contributed by atoms with E-state index < -0.39 is 0 Å². The van der Waals surface area contributed by atoms with Crippen LogP contribution in [0.3, 0.4) is 0 Å². The van der Waals surface area contributed by atoms with Gasteiger partial charge in [0, 0.05) is 12.0 Å². The second kappa shape index (κ2) is 8.56. The summed E-state index contributed by atoms with van der Waals surface area (Å²) >= 11 is 0. The second-order valence-corrected chi connectivity index (χ2v) is 8.79.